The topological polar surface area (TPSA) is 94.2 Å². The number of aryl methyl sites for hydroxylation is 1. The zero-order valence-corrected chi connectivity index (χ0v) is 17.9. The van der Waals surface area contributed by atoms with Gasteiger partial charge in [0.15, 0.2) is 11.5 Å². The molecule has 0 aliphatic carbocycles. The van der Waals surface area contributed by atoms with Crippen LogP contribution in [0, 0.1) is 0 Å². The first kappa shape index (κ1) is 20.6. The van der Waals surface area contributed by atoms with E-state index in [0.29, 0.717) is 22.7 Å². The van der Waals surface area contributed by atoms with Crippen LogP contribution in [-0.4, -0.2) is 29.7 Å². The Morgan fingerprint density at radius 2 is 1.90 bits per heavy atom. The first-order chi connectivity index (χ1) is 14.8. The Morgan fingerprint density at radius 3 is 2.61 bits per heavy atom. The second-order valence-electron chi connectivity index (χ2n) is 7.04. The minimum Gasteiger partial charge on any atom is -0.454 e. The number of carbonyl (C=O) groups excluding carboxylic acids is 1. The van der Waals surface area contributed by atoms with Gasteiger partial charge in [-0.25, -0.2) is 8.42 Å². The number of fused-ring (bicyclic) bond motifs is 1. The first-order valence-corrected chi connectivity index (χ1v) is 11.4. The summed E-state index contributed by atoms with van der Waals surface area (Å²) < 4.78 is 33.3. The third-order valence-corrected chi connectivity index (χ3v) is 6.06. The highest BCUT2D eigenvalue weighted by molar-refractivity contribution is 7.92. The fraction of sp³-hybridized carbons (Fsp3) is 0.130. The highest BCUT2D eigenvalue weighted by atomic mass is 32.2. The summed E-state index contributed by atoms with van der Waals surface area (Å²) in [6, 6.07) is 15.9. The van der Waals surface area contributed by atoms with Crippen molar-refractivity contribution in [1.29, 1.82) is 0 Å². The number of rotatable bonds is 7. The van der Waals surface area contributed by atoms with E-state index in [4.69, 9.17) is 4.42 Å². The van der Waals surface area contributed by atoms with Crippen molar-refractivity contribution in [3.8, 4) is 11.5 Å². The van der Waals surface area contributed by atoms with Gasteiger partial charge >= 0.3 is 0 Å². The molecule has 0 atom stereocenters. The number of anilines is 1. The lowest BCUT2D eigenvalue weighted by atomic mass is 10.1. The molecular weight excluding hydrogens is 414 g/mol. The Morgan fingerprint density at radius 1 is 1.16 bits per heavy atom. The molecule has 2 aromatic carbocycles. The average molecular weight is 436 g/mol. The van der Waals surface area contributed by atoms with Crippen LogP contribution in [0.2, 0.25) is 0 Å². The average Bonchev–Trinajstić information content (AvgIpc) is 3.35. The van der Waals surface area contributed by atoms with Crippen molar-refractivity contribution in [2.75, 3.05) is 10.5 Å². The van der Waals surface area contributed by atoms with Crippen molar-refractivity contribution in [3.05, 3.63) is 78.0 Å². The SMILES string of the molecule is CCS(=O)(=O)Nc1ccc(C(=O)/C=C/c2cn(C)nc2-c2cc3ccccc3o2)cc1. The van der Waals surface area contributed by atoms with E-state index in [-0.39, 0.29) is 11.5 Å². The summed E-state index contributed by atoms with van der Waals surface area (Å²) in [6.07, 6.45) is 4.98. The molecule has 0 unspecified atom stereocenters. The van der Waals surface area contributed by atoms with E-state index >= 15 is 0 Å². The molecule has 0 aliphatic rings. The summed E-state index contributed by atoms with van der Waals surface area (Å²) >= 11 is 0. The quantitative estimate of drug-likeness (QED) is 0.341. The van der Waals surface area contributed by atoms with Gasteiger partial charge in [0, 0.05) is 35.4 Å². The van der Waals surface area contributed by atoms with Crippen molar-refractivity contribution in [2.24, 2.45) is 7.05 Å². The van der Waals surface area contributed by atoms with Gasteiger partial charge in [0.25, 0.3) is 0 Å². The molecule has 31 heavy (non-hydrogen) atoms. The molecule has 1 N–H and O–H groups in total. The summed E-state index contributed by atoms with van der Waals surface area (Å²) in [4.78, 5) is 12.6. The first-order valence-electron chi connectivity index (χ1n) is 9.70. The largest absolute Gasteiger partial charge is 0.454 e. The maximum absolute atomic E-state index is 12.6. The highest BCUT2D eigenvalue weighted by Crippen LogP contribution is 2.29. The Labute approximate surface area is 180 Å². The van der Waals surface area contributed by atoms with Crippen molar-refractivity contribution in [1.82, 2.24) is 9.78 Å². The summed E-state index contributed by atoms with van der Waals surface area (Å²) in [6.45, 7) is 1.56. The van der Waals surface area contributed by atoms with Crippen LogP contribution in [-0.2, 0) is 17.1 Å². The Bertz CT molecular complexity index is 1350. The van der Waals surface area contributed by atoms with Crippen LogP contribution < -0.4 is 4.72 Å². The lowest BCUT2D eigenvalue weighted by Gasteiger charge is -2.06. The predicted octanol–water partition coefficient (Wildman–Crippen LogP) is 4.49. The molecule has 0 saturated heterocycles. The lowest BCUT2D eigenvalue weighted by Crippen LogP contribution is -2.14. The molecule has 158 valence electrons. The number of furan rings is 1. The van der Waals surface area contributed by atoms with Gasteiger partial charge < -0.3 is 4.42 Å². The van der Waals surface area contributed by atoms with E-state index < -0.39 is 10.0 Å². The maximum atomic E-state index is 12.6. The van der Waals surface area contributed by atoms with Gasteiger partial charge in [0.05, 0.1) is 5.75 Å². The molecule has 0 spiro atoms. The minimum atomic E-state index is -3.36. The number of benzene rings is 2. The molecule has 4 rings (SSSR count). The van der Waals surface area contributed by atoms with Crippen LogP contribution in [0.25, 0.3) is 28.5 Å². The van der Waals surface area contributed by atoms with Crippen LogP contribution >= 0.6 is 0 Å². The van der Waals surface area contributed by atoms with Crippen LogP contribution in [0.1, 0.15) is 22.8 Å². The van der Waals surface area contributed by atoms with Crippen molar-refractivity contribution < 1.29 is 17.6 Å². The summed E-state index contributed by atoms with van der Waals surface area (Å²) in [5.41, 5.74) is 3.04. The van der Waals surface area contributed by atoms with Gasteiger partial charge in [-0.1, -0.05) is 18.2 Å². The van der Waals surface area contributed by atoms with Crippen LogP contribution in [0.5, 0.6) is 0 Å². The van der Waals surface area contributed by atoms with Crippen molar-refractivity contribution >= 4 is 38.5 Å². The normalized spacial score (nSPS) is 11.9. The molecule has 0 radical (unpaired) electrons. The molecular formula is C23H21N3O4S. The van der Waals surface area contributed by atoms with E-state index in [1.165, 1.54) is 6.08 Å². The van der Waals surface area contributed by atoms with Gasteiger partial charge in [-0.15, -0.1) is 0 Å². The second kappa shape index (κ2) is 8.23. The highest BCUT2D eigenvalue weighted by Gasteiger charge is 2.14. The second-order valence-corrected chi connectivity index (χ2v) is 9.05. The van der Waals surface area contributed by atoms with Crippen molar-refractivity contribution in [2.45, 2.75) is 6.92 Å². The Balaban J connectivity index is 1.55. The molecule has 0 fully saturated rings. The molecule has 2 heterocycles. The molecule has 0 aliphatic heterocycles. The van der Waals surface area contributed by atoms with Crippen LogP contribution in [0.3, 0.4) is 0 Å². The van der Waals surface area contributed by atoms with E-state index in [0.717, 1.165) is 16.5 Å². The van der Waals surface area contributed by atoms with Crippen LogP contribution in [0.4, 0.5) is 5.69 Å². The van der Waals surface area contributed by atoms with Crippen LogP contribution in [0.15, 0.2) is 71.3 Å². The number of hydrogen-bond acceptors (Lipinski definition) is 5. The number of carbonyl (C=O) groups is 1. The summed E-state index contributed by atoms with van der Waals surface area (Å²) in [7, 11) is -1.55. The minimum absolute atomic E-state index is 0.0188. The van der Waals surface area contributed by atoms with Gasteiger partial charge in [-0.2, -0.15) is 5.10 Å². The Kier molecular flexibility index (Phi) is 5.48. The third-order valence-electron chi connectivity index (χ3n) is 4.75. The summed E-state index contributed by atoms with van der Waals surface area (Å²) in [5, 5.41) is 5.46. The fourth-order valence-electron chi connectivity index (χ4n) is 3.13. The predicted molar refractivity (Wildman–Crippen MR) is 121 cm³/mol. The maximum Gasteiger partial charge on any atom is 0.232 e. The number of para-hydroxylation sites is 1. The molecule has 2 aromatic heterocycles. The monoisotopic (exact) mass is 435 g/mol. The number of sulfonamides is 1. The van der Waals surface area contributed by atoms with Gasteiger partial charge in [0.1, 0.15) is 11.3 Å². The molecule has 0 saturated carbocycles. The summed E-state index contributed by atoms with van der Waals surface area (Å²) in [5.74, 6) is 0.403. The lowest BCUT2D eigenvalue weighted by molar-refractivity contribution is 0.104. The smallest absolute Gasteiger partial charge is 0.232 e. The fourth-order valence-corrected chi connectivity index (χ4v) is 3.77. The van der Waals surface area contributed by atoms with Crippen molar-refractivity contribution in [3.63, 3.8) is 0 Å². The molecule has 0 amide bonds. The number of aromatic nitrogens is 2. The number of nitrogens with zero attached hydrogens (tertiary/aromatic N) is 2. The molecule has 4 aromatic rings. The van der Waals surface area contributed by atoms with E-state index in [9.17, 15) is 13.2 Å². The van der Waals surface area contributed by atoms with E-state index in [1.54, 1.807) is 49.0 Å². The number of ketones is 1. The molecule has 7 nitrogen and oxygen atoms in total. The number of nitrogens with one attached hydrogen (secondary N) is 1. The number of hydrogen-bond donors (Lipinski definition) is 1. The van der Waals surface area contributed by atoms with Gasteiger partial charge in [-0.05, 0) is 55.5 Å². The van der Waals surface area contributed by atoms with Gasteiger partial charge in [0.2, 0.25) is 10.0 Å². The zero-order chi connectivity index (χ0) is 22.0. The number of allylic oxidation sites excluding steroid dienone is 1. The third kappa shape index (κ3) is 4.59. The van der Waals surface area contributed by atoms with E-state index in [1.807, 2.05) is 36.5 Å². The van der Waals surface area contributed by atoms with Gasteiger partial charge in [-0.3, -0.25) is 14.2 Å². The zero-order valence-electron chi connectivity index (χ0n) is 17.1. The Hall–Kier alpha value is -3.65. The molecule has 8 heteroatoms. The van der Waals surface area contributed by atoms with E-state index in [2.05, 4.69) is 9.82 Å². The standard InChI is InChI=1S/C23H21N3O4S/c1-3-31(28,29)25-19-11-8-16(9-12-19)20(27)13-10-18-15-26(2)24-23(18)22-14-17-6-4-5-7-21(17)30-22/h4-15,25H,3H2,1-2H3/b13-10+. The molecule has 0 bridgehead atoms.